The van der Waals surface area contributed by atoms with Gasteiger partial charge in [0.15, 0.2) is 11.6 Å². The summed E-state index contributed by atoms with van der Waals surface area (Å²) in [7, 11) is 1.74. The second-order valence-corrected chi connectivity index (χ2v) is 5.05. The zero-order valence-corrected chi connectivity index (χ0v) is 11.8. The van der Waals surface area contributed by atoms with Crippen LogP contribution >= 0.6 is 11.6 Å². The predicted molar refractivity (Wildman–Crippen MR) is 75.5 cm³/mol. The van der Waals surface area contributed by atoms with Gasteiger partial charge in [-0.3, -0.25) is 4.68 Å². The van der Waals surface area contributed by atoms with Gasteiger partial charge in [0, 0.05) is 29.7 Å². The minimum Gasteiger partial charge on any atom is -0.484 e. The number of aryl methyl sites for hydroxylation is 2. The van der Waals surface area contributed by atoms with Crippen molar-refractivity contribution in [2.24, 2.45) is 7.05 Å². The van der Waals surface area contributed by atoms with Gasteiger partial charge in [0.2, 0.25) is 0 Å². The van der Waals surface area contributed by atoms with Gasteiger partial charge in [-0.25, -0.2) is 4.39 Å². The Kier molecular flexibility index (Phi) is 3.14. The monoisotopic (exact) mass is 293 g/mol. The second kappa shape index (κ2) is 4.83. The Balaban J connectivity index is 1.85. The van der Waals surface area contributed by atoms with E-state index in [9.17, 15) is 4.39 Å². The topological polar surface area (TPSA) is 42.8 Å². The highest BCUT2D eigenvalue weighted by Gasteiger charge is 2.11. The van der Waals surface area contributed by atoms with Gasteiger partial charge in [-0.05, 0) is 25.1 Å². The molecule has 2 aromatic heterocycles. The van der Waals surface area contributed by atoms with Crippen LogP contribution < -0.4 is 4.74 Å². The fraction of sp³-hybridized carbons (Fsp3) is 0.214. The number of rotatable bonds is 3. The van der Waals surface area contributed by atoms with Crippen molar-refractivity contribution < 1.29 is 9.13 Å². The van der Waals surface area contributed by atoms with Crippen LogP contribution in [-0.2, 0) is 13.7 Å². The normalized spacial score (nSPS) is 11.2. The lowest BCUT2D eigenvalue weighted by Crippen LogP contribution is -1.99. The molecule has 0 spiro atoms. The smallest absolute Gasteiger partial charge is 0.174 e. The molecule has 0 fully saturated rings. The van der Waals surface area contributed by atoms with E-state index in [1.165, 1.54) is 4.68 Å². The van der Waals surface area contributed by atoms with E-state index in [1.807, 2.05) is 6.92 Å². The number of fused-ring (bicyclic) bond motifs is 1. The van der Waals surface area contributed by atoms with Crippen LogP contribution in [0.25, 0.3) is 10.9 Å². The highest BCUT2D eigenvalue weighted by Crippen LogP contribution is 2.27. The number of benzene rings is 1. The molecular formula is C14H13ClFN3O. The average Bonchev–Trinajstić information content (AvgIpc) is 2.92. The summed E-state index contributed by atoms with van der Waals surface area (Å²) >= 11 is 5.89. The maximum absolute atomic E-state index is 14.3. The third-order valence-corrected chi connectivity index (χ3v) is 3.44. The number of aromatic nitrogens is 3. The lowest BCUT2D eigenvalue weighted by Gasteiger charge is -2.06. The summed E-state index contributed by atoms with van der Waals surface area (Å²) in [4.78, 5) is 3.08. The third kappa shape index (κ3) is 2.25. The first-order chi connectivity index (χ1) is 9.54. The standard InChI is InChI=1S/C14H13ClFN3O/c1-8-5-10-11(17-8)3-4-12(14(10)16)20-7-9-6-13(15)19(2)18-9/h3-6,17H,7H2,1-2H3. The SMILES string of the molecule is Cc1cc2c(F)c(OCc3cc(Cl)n(C)n3)ccc2[nH]1. The average molecular weight is 294 g/mol. The zero-order valence-electron chi connectivity index (χ0n) is 11.1. The van der Waals surface area contributed by atoms with Gasteiger partial charge < -0.3 is 9.72 Å². The summed E-state index contributed by atoms with van der Waals surface area (Å²) in [6, 6.07) is 6.86. The summed E-state index contributed by atoms with van der Waals surface area (Å²) in [5.41, 5.74) is 2.32. The predicted octanol–water partition coefficient (Wildman–Crippen LogP) is 3.58. The number of hydrogen-bond acceptors (Lipinski definition) is 2. The molecule has 0 amide bonds. The van der Waals surface area contributed by atoms with E-state index in [0.717, 1.165) is 11.2 Å². The van der Waals surface area contributed by atoms with E-state index >= 15 is 0 Å². The van der Waals surface area contributed by atoms with Gasteiger partial charge >= 0.3 is 0 Å². The van der Waals surface area contributed by atoms with Crippen LogP contribution in [0.15, 0.2) is 24.3 Å². The molecule has 104 valence electrons. The largest absolute Gasteiger partial charge is 0.484 e. The molecule has 20 heavy (non-hydrogen) atoms. The fourth-order valence-corrected chi connectivity index (χ4v) is 2.29. The number of nitrogens with zero attached hydrogens (tertiary/aromatic N) is 2. The molecule has 0 radical (unpaired) electrons. The molecule has 0 aliphatic heterocycles. The number of hydrogen-bond donors (Lipinski definition) is 1. The summed E-state index contributed by atoms with van der Waals surface area (Å²) in [5, 5.41) is 5.19. The van der Waals surface area contributed by atoms with Crippen molar-refractivity contribution in [2.45, 2.75) is 13.5 Å². The minimum atomic E-state index is -0.367. The first-order valence-corrected chi connectivity index (χ1v) is 6.51. The molecule has 0 saturated heterocycles. The molecule has 0 bridgehead atoms. The molecule has 0 aliphatic carbocycles. The van der Waals surface area contributed by atoms with E-state index in [0.29, 0.717) is 16.2 Å². The maximum Gasteiger partial charge on any atom is 0.174 e. The van der Waals surface area contributed by atoms with E-state index in [4.69, 9.17) is 16.3 Å². The number of halogens is 2. The lowest BCUT2D eigenvalue weighted by atomic mass is 10.2. The molecule has 0 atom stereocenters. The molecule has 0 aliphatic rings. The van der Waals surface area contributed by atoms with Gasteiger partial charge in [0.05, 0.1) is 0 Å². The van der Waals surface area contributed by atoms with Gasteiger partial charge in [-0.2, -0.15) is 5.10 Å². The van der Waals surface area contributed by atoms with E-state index in [-0.39, 0.29) is 18.2 Å². The Labute approximate surface area is 120 Å². The van der Waals surface area contributed by atoms with Crippen LogP contribution in [-0.4, -0.2) is 14.8 Å². The number of ether oxygens (including phenoxy) is 1. The quantitative estimate of drug-likeness (QED) is 0.802. The van der Waals surface area contributed by atoms with Crippen molar-refractivity contribution in [2.75, 3.05) is 0 Å². The third-order valence-electron chi connectivity index (χ3n) is 3.09. The van der Waals surface area contributed by atoms with Crippen LogP contribution in [0.2, 0.25) is 5.15 Å². The Morgan fingerprint density at radius 2 is 2.20 bits per heavy atom. The van der Waals surface area contributed by atoms with Crippen molar-refractivity contribution >= 4 is 22.5 Å². The summed E-state index contributed by atoms with van der Waals surface area (Å²) in [6.07, 6.45) is 0. The van der Waals surface area contributed by atoms with Crippen molar-refractivity contribution in [3.8, 4) is 5.75 Å². The molecule has 2 heterocycles. The summed E-state index contributed by atoms with van der Waals surface area (Å²) in [5.74, 6) is -0.160. The Morgan fingerprint density at radius 3 is 2.90 bits per heavy atom. The Bertz CT molecular complexity index is 759. The molecular weight excluding hydrogens is 281 g/mol. The van der Waals surface area contributed by atoms with Gasteiger partial charge in [-0.1, -0.05) is 11.6 Å². The number of aromatic amines is 1. The van der Waals surface area contributed by atoms with Crippen LogP contribution in [0.5, 0.6) is 5.75 Å². The van der Waals surface area contributed by atoms with Crippen LogP contribution in [0.3, 0.4) is 0 Å². The van der Waals surface area contributed by atoms with E-state index in [2.05, 4.69) is 10.1 Å². The van der Waals surface area contributed by atoms with Gasteiger partial charge in [-0.15, -0.1) is 0 Å². The van der Waals surface area contributed by atoms with Crippen LogP contribution in [0.4, 0.5) is 4.39 Å². The van der Waals surface area contributed by atoms with Crippen molar-refractivity contribution in [3.05, 3.63) is 46.6 Å². The van der Waals surface area contributed by atoms with Crippen molar-refractivity contribution in [1.82, 2.24) is 14.8 Å². The Hall–Kier alpha value is -2.01. The van der Waals surface area contributed by atoms with Crippen LogP contribution in [0.1, 0.15) is 11.4 Å². The molecule has 1 aromatic carbocycles. The van der Waals surface area contributed by atoms with Gasteiger partial charge in [0.1, 0.15) is 17.5 Å². The van der Waals surface area contributed by atoms with E-state index in [1.54, 1.807) is 31.3 Å². The van der Waals surface area contributed by atoms with Crippen molar-refractivity contribution in [1.29, 1.82) is 0 Å². The highest BCUT2D eigenvalue weighted by molar-refractivity contribution is 6.29. The second-order valence-electron chi connectivity index (χ2n) is 4.66. The molecule has 6 heteroatoms. The number of nitrogens with one attached hydrogen (secondary N) is 1. The van der Waals surface area contributed by atoms with Crippen molar-refractivity contribution in [3.63, 3.8) is 0 Å². The molecule has 0 unspecified atom stereocenters. The van der Waals surface area contributed by atoms with E-state index < -0.39 is 0 Å². The molecule has 3 rings (SSSR count). The Morgan fingerprint density at radius 1 is 1.40 bits per heavy atom. The first-order valence-electron chi connectivity index (χ1n) is 6.13. The van der Waals surface area contributed by atoms with Gasteiger partial charge in [0.25, 0.3) is 0 Å². The molecule has 4 nitrogen and oxygen atoms in total. The minimum absolute atomic E-state index is 0.173. The molecule has 3 aromatic rings. The summed E-state index contributed by atoms with van der Waals surface area (Å²) in [6.45, 7) is 2.06. The number of H-pyrrole nitrogens is 1. The zero-order chi connectivity index (χ0) is 14.3. The first kappa shape index (κ1) is 13.0. The van der Waals surface area contributed by atoms with Crippen LogP contribution in [0, 0.1) is 12.7 Å². The maximum atomic E-state index is 14.3. The summed E-state index contributed by atoms with van der Waals surface area (Å²) < 4.78 is 21.3. The molecule has 1 N–H and O–H groups in total. The lowest BCUT2D eigenvalue weighted by molar-refractivity contribution is 0.286. The highest BCUT2D eigenvalue weighted by atomic mass is 35.5. The molecule has 0 saturated carbocycles. The fourth-order valence-electron chi connectivity index (χ4n) is 2.12.